The second-order valence-electron chi connectivity index (χ2n) is 4.77. The zero-order valence-electron chi connectivity index (χ0n) is 11.1. The summed E-state index contributed by atoms with van der Waals surface area (Å²) < 4.78 is 10.6. The number of hydrogen-bond acceptors (Lipinski definition) is 5. The van der Waals surface area contributed by atoms with Gasteiger partial charge in [-0.1, -0.05) is 13.8 Å². The molecule has 0 saturated heterocycles. The summed E-state index contributed by atoms with van der Waals surface area (Å²) in [5.74, 6) is -1.84. The van der Waals surface area contributed by atoms with Gasteiger partial charge in [0.2, 0.25) is 18.0 Å². The molecule has 3 atom stereocenters. The van der Waals surface area contributed by atoms with Crippen molar-refractivity contribution in [3.05, 3.63) is 11.8 Å². The van der Waals surface area contributed by atoms with Gasteiger partial charge in [-0.05, 0) is 12.0 Å². The molecule has 7 heteroatoms. The van der Waals surface area contributed by atoms with Gasteiger partial charge in [0.15, 0.2) is 0 Å². The molecule has 1 heterocycles. The Morgan fingerprint density at radius 2 is 2.16 bits per heavy atom. The summed E-state index contributed by atoms with van der Waals surface area (Å²) in [4.78, 5) is 22.0. The third-order valence-corrected chi connectivity index (χ3v) is 2.40. The number of nitrogens with one attached hydrogen (secondary N) is 1. The average Bonchev–Trinajstić information content (AvgIpc) is 2.28. The average molecular weight is 273 g/mol. The lowest BCUT2D eigenvalue weighted by Gasteiger charge is -2.34. The third kappa shape index (κ3) is 4.53. The van der Waals surface area contributed by atoms with Gasteiger partial charge in [-0.3, -0.25) is 4.79 Å². The molecule has 1 rings (SSSR count). The van der Waals surface area contributed by atoms with Crippen LogP contribution in [0, 0.1) is 5.92 Å². The van der Waals surface area contributed by atoms with E-state index in [1.54, 1.807) is 0 Å². The number of aliphatic carboxylic acids is 1. The molecule has 0 bridgehead atoms. The van der Waals surface area contributed by atoms with Gasteiger partial charge in [0.25, 0.3) is 0 Å². The predicted molar refractivity (Wildman–Crippen MR) is 65.0 cm³/mol. The van der Waals surface area contributed by atoms with E-state index in [-0.39, 0.29) is 17.6 Å². The molecule has 19 heavy (non-hydrogen) atoms. The standard InChI is InChI=1S/C12H19NO6/c1-6(2)5-18-12-10(13-7(3)14)8(15)4-9(19-12)11(16)17/h4,6,8,10,12,15H,5H2,1-3H3,(H,13,14)(H,16,17)/t8-,10+,12+/m0/s1. The van der Waals surface area contributed by atoms with Gasteiger partial charge in [0, 0.05) is 6.92 Å². The molecule has 3 N–H and O–H groups in total. The Balaban J connectivity index is 2.84. The first-order valence-electron chi connectivity index (χ1n) is 5.99. The second-order valence-corrected chi connectivity index (χ2v) is 4.77. The number of aliphatic hydroxyl groups excluding tert-OH is 1. The number of aliphatic hydroxyl groups is 1. The minimum atomic E-state index is -1.29. The Kier molecular flexibility index (Phi) is 5.31. The van der Waals surface area contributed by atoms with Crippen LogP contribution in [0.1, 0.15) is 20.8 Å². The van der Waals surface area contributed by atoms with E-state index in [0.717, 1.165) is 6.08 Å². The van der Waals surface area contributed by atoms with Crippen molar-refractivity contribution < 1.29 is 29.3 Å². The van der Waals surface area contributed by atoms with Gasteiger partial charge in [-0.2, -0.15) is 0 Å². The molecule has 0 unspecified atom stereocenters. The Hall–Kier alpha value is -1.60. The van der Waals surface area contributed by atoms with Crippen LogP contribution in [0.5, 0.6) is 0 Å². The fraction of sp³-hybridized carbons (Fsp3) is 0.667. The van der Waals surface area contributed by atoms with Crippen molar-refractivity contribution in [2.75, 3.05) is 6.61 Å². The van der Waals surface area contributed by atoms with Gasteiger partial charge in [0.1, 0.15) is 12.1 Å². The Labute approximate surface area is 111 Å². The number of carboxylic acids is 1. The molecule has 0 spiro atoms. The maximum absolute atomic E-state index is 11.1. The summed E-state index contributed by atoms with van der Waals surface area (Å²) in [6.45, 7) is 5.45. The van der Waals surface area contributed by atoms with Crippen LogP contribution in [0.4, 0.5) is 0 Å². The maximum atomic E-state index is 11.1. The van der Waals surface area contributed by atoms with E-state index in [1.165, 1.54) is 6.92 Å². The van der Waals surface area contributed by atoms with E-state index < -0.39 is 24.4 Å². The zero-order chi connectivity index (χ0) is 14.6. The Morgan fingerprint density at radius 1 is 1.53 bits per heavy atom. The largest absolute Gasteiger partial charge is 0.475 e. The number of hydrogen-bond donors (Lipinski definition) is 3. The molecule has 0 fully saturated rings. The van der Waals surface area contributed by atoms with Gasteiger partial charge < -0.3 is 25.0 Å². The highest BCUT2D eigenvalue weighted by Gasteiger charge is 2.37. The van der Waals surface area contributed by atoms with E-state index in [2.05, 4.69) is 5.32 Å². The number of ether oxygens (including phenoxy) is 2. The normalized spacial score (nSPS) is 26.6. The fourth-order valence-electron chi connectivity index (χ4n) is 1.59. The van der Waals surface area contributed by atoms with Crippen LogP contribution in [0.3, 0.4) is 0 Å². The fourth-order valence-corrected chi connectivity index (χ4v) is 1.59. The molecule has 7 nitrogen and oxygen atoms in total. The highest BCUT2D eigenvalue weighted by atomic mass is 16.7. The van der Waals surface area contributed by atoms with Gasteiger partial charge in [-0.25, -0.2) is 4.79 Å². The Bertz CT molecular complexity index is 378. The van der Waals surface area contributed by atoms with Gasteiger partial charge in [0.05, 0.1) is 6.61 Å². The van der Waals surface area contributed by atoms with E-state index in [0.29, 0.717) is 6.61 Å². The van der Waals surface area contributed by atoms with Crippen LogP contribution in [0.15, 0.2) is 11.8 Å². The van der Waals surface area contributed by atoms with Crippen molar-refractivity contribution in [1.29, 1.82) is 0 Å². The minimum Gasteiger partial charge on any atom is -0.475 e. The number of rotatable bonds is 5. The molecule has 0 aromatic rings. The molecule has 0 radical (unpaired) electrons. The minimum absolute atomic E-state index is 0.206. The summed E-state index contributed by atoms with van der Waals surface area (Å²) in [5, 5.41) is 21.2. The molecular formula is C12H19NO6. The quantitative estimate of drug-likeness (QED) is 0.643. The van der Waals surface area contributed by atoms with Crippen molar-refractivity contribution in [3.63, 3.8) is 0 Å². The highest BCUT2D eigenvalue weighted by molar-refractivity contribution is 5.84. The smallest absolute Gasteiger partial charge is 0.371 e. The lowest BCUT2D eigenvalue weighted by atomic mass is 10.1. The molecule has 0 aliphatic carbocycles. The van der Waals surface area contributed by atoms with Crippen LogP contribution in [0.2, 0.25) is 0 Å². The van der Waals surface area contributed by atoms with Crippen molar-refractivity contribution in [2.24, 2.45) is 5.92 Å². The van der Waals surface area contributed by atoms with E-state index in [1.807, 2.05) is 13.8 Å². The maximum Gasteiger partial charge on any atom is 0.371 e. The SMILES string of the molecule is CC(=O)N[C@H]1[C@H](OCC(C)C)OC(C(=O)O)=C[C@@H]1O. The molecular weight excluding hydrogens is 254 g/mol. The zero-order valence-corrected chi connectivity index (χ0v) is 11.1. The van der Waals surface area contributed by atoms with Crippen molar-refractivity contribution in [1.82, 2.24) is 5.32 Å². The first-order valence-corrected chi connectivity index (χ1v) is 5.99. The molecule has 0 aromatic carbocycles. The molecule has 108 valence electrons. The van der Waals surface area contributed by atoms with Crippen LogP contribution >= 0.6 is 0 Å². The summed E-state index contributed by atoms with van der Waals surface area (Å²) >= 11 is 0. The molecule has 1 aliphatic rings. The van der Waals surface area contributed by atoms with E-state index in [4.69, 9.17) is 14.6 Å². The van der Waals surface area contributed by atoms with Crippen molar-refractivity contribution >= 4 is 11.9 Å². The second kappa shape index (κ2) is 6.53. The number of carboxylic acid groups (broad SMARTS) is 1. The van der Waals surface area contributed by atoms with Crippen molar-refractivity contribution in [2.45, 2.75) is 39.2 Å². The third-order valence-electron chi connectivity index (χ3n) is 2.40. The highest BCUT2D eigenvalue weighted by Crippen LogP contribution is 2.20. The number of carbonyl (C=O) groups is 2. The monoisotopic (exact) mass is 273 g/mol. The molecule has 1 aliphatic heterocycles. The molecule has 0 saturated carbocycles. The number of carbonyl (C=O) groups excluding carboxylic acids is 1. The Morgan fingerprint density at radius 3 is 2.63 bits per heavy atom. The lowest BCUT2D eigenvalue weighted by molar-refractivity contribution is -0.177. The van der Waals surface area contributed by atoms with Crippen molar-refractivity contribution in [3.8, 4) is 0 Å². The summed E-state index contributed by atoms with van der Waals surface area (Å²) in [7, 11) is 0. The van der Waals surface area contributed by atoms with Crippen LogP contribution in [-0.4, -0.2) is 47.1 Å². The van der Waals surface area contributed by atoms with Crippen LogP contribution < -0.4 is 5.32 Å². The topological polar surface area (TPSA) is 105 Å². The summed E-state index contributed by atoms with van der Waals surface area (Å²) in [5.41, 5.74) is 0. The predicted octanol–water partition coefficient (Wildman–Crippen LogP) is -0.151. The van der Waals surface area contributed by atoms with Crippen LogP contribution in [-0.2, 0) is 19.1 Å². The van der Waals surface area contributed by atoms with Gasteiger partial charge >= 0.3 is 5.97 Å². The van der Waals surface area contributed by atoms with E-state index in [9.17, 15) is 14.7 Å². The lowest BCUT2D eigenvalue weighted by Crippen LogP contribution is -2.54. The van der Waals surface area contributed by atoms with E-state index >= 15 is 0 Å². The summed E-state index contributed by atoms with van der Waals surface area (Å²) in [6.07, 6.45) is -1.17. The number of amides is 1. The molecule has 0 aromatic heterocycles. The first kappa shape index (κ1) is 15.5. The first-order chi connectivity index (χ1) is 8.81. The van der Waals surface area contributed by atoms with Gasteiger partial charge in [-0.15, -0.1) is 0 Å². The molecule has 1 amide bonds. The van der Waals surface area contributed by atoms with Crippen LogP contribution in [0.25, 0.3) is 0 Å². The summed E-state index contributed by atoms with van der Waals surface area (Å²) in [6, 6.07) is -0.834.